The van der Waals surface area contributed by atoms with Crippen LogP contribution in [-0.2, 0) is 11.2 Å². The number of hydrogen-bond donors (Lipinski definition) is 1. The Hall–Kier alpha value is -2.34. The van der Waals surface area contributed by atoms with Crippen molar-refractivity contribution in [1.82, 2.24) is 0 Å². The number of rotatable bonds is 11. The van der Waals surface area contributed by atoms with E-state index < -0.39 is 28.8 Å². The number of ether oxygens (including phenoxy) is 3. The zero-order chi connectivity index (χ0) is 31.7. The molecule has 0 aliphatic carbocycles. The fourth-order valence-corrected chi connectivity index (χ4v) is 6.44. The van der Waals surface area contributed by atoms with Crippen LogP contribution in [0.5, 0.6) is 23.0 Å². The Morgan fingerprint density at radius 2 is 1.33 bits per heavy atom. The Labute approximate surface area is 255 Å². The number of carbonyl (C=O) groups excluding carboxylic acids is 1. The SMILES string of the molecule is COc1cc(C[C@H]2O[C@H](CC(=O)c3ccc(O[Si](C)(C)C(C)(C)C)c(OC)c3)C[C@H]2O)ccc1O[Si](C)(C)C(C)(C)C. The maximum Gasteiger partial charge on any atom is 0.250 e. The molecule has 0 aromatic heterocycles. The van der Waals surface area contributed by atoms with Gasteiger partial charge in [0.1, 0.15) is 11.5 Å². The zero-order valence-electron chi connectivity index (χ0n) is 27.7. The van der Waals surface area contributed by atoms with Gasteiger partial charge >= 0.3 is 0 Å². The van der Waals surface area contributed by atoms with Crippen LogP contribution in [0.25, 0.3) is 0 Å². The van der Waals surface area contributed by atoms with Crippen LogP contribution in [0.1, 0.15) is 70.3 Å². The van der Waals surface area contributed by atoms with Crippen molar-refractivity contribution in [3.63, 3.8) is 0 Å². The fourth-order valence-electron chi connectivity index (χ4n) is 4.39. The number of benzene rings is 2. The molecule has 2 aromatic carbocycles. The average molecular weight is 617 g/mol. The standard InChI is InChI=1S/C33H52O7Si2/c1-32(2,3)41(9,10)39-27-15-13-22(18-30(27)36-7)17-29-26(35)21-24(38-29)20-25(34)23-14-16-28(31(19-23)37-8)40-42(11,12)33(4,5)6/h13-16,18-19,24,26,29,35H,17,20-21H2,1-12H3/t24-,26-,29-/m1/s1. The first-order valence-electron chi connectivity index (χ1n) is 14.9. The second-order valence-corrected chi connectivity index (χ2v) is 24.0. The van der Waals surface area contributed by atoms with Gasteiger partial charge in [-0.3, -0.25) is 4.79 Å². The molecule has 1 saturated heterocycles. The van der Waals surface area contributed by atoms with E-state index in [0.29, 0.717) is 35.7 Å². The summed E-state index contributed by atoms with van der Waals surface area (Å²) in [5.74, 6) is 2.56. The monoisotopic (exact) mass is 616 g/mol. The minimum atomic E-state index is -2.07. The van der Waals surface area contributed by atoms with E-state index in [2.05, 4.69) is 67.7 Å². The predicted octanol–water partition coefficient (Wildman–Crippen LogP) is 7.81. The number of Topliss-reactive ketones (excluding diaryl/α,β-unsaturated/α-hetero) is 1. The van der Waals surface area contributed by atoms with Gasteiger partial charge in [0, 0.05) is 24.8 Å². The van der Waals surface area contributed by atoms with E-state index in [0.717, 1.165) is 11.3 Å². The Bertz CT molecular complexity index is 1240. The van der Waals surface area contributed by atoms with Crippen molar-refractivity contribution in [2.75, 3.05) is 14.2 Å². The van der Waals surface area contributed by atoms with Gasteiger partial charge in [-0.1, -0.05) is 47.6 Å². The van der Waals surface area contributed by atoms with Crippen LogP contribution in [-0.4, -0.2) is 60.1 Å². The molecule has 9 heteroatoms. The van der Waals surface area contributed by atoms with Crippen molar-refractivity contribution >= 4 is 22.4 Å². The summed E-state index contributed by atoms with van der Waals surface area (Å²) in [6.07, 6.45) is -0.335. The normalized spacial score (nSPS) is 19.9. The molecule has 1 aliphatic heterocycles. The van der Waals surface area contributed by atoms with E-state index >= 15 is 0 Å². The van der Waals surface area contributed by atoms with E-state index in [1.165, 1.54) is 0 Å². The molecule has 0 radical (unpaired) electrons. The molecule has 0 bridgehead atoms. The summed E-state index contributed by atoms with van der Waals surface area (Å²) in [7, 11) is -0.869. The Balaban J connectivity index is 1.66. The van der Waals surface area contributed by atoms with Crippen LogP contribution in [0, 0.1) is 0 Å². The summed E-state index contributed by atoms with van der Waals surface area (Å²) in [6, 6.07) is 11.3. The predicted molar refractivity (Wildman–Crippen MR) is 174 cm³/mol. The van der Waals surface area contributed by atoms with Gasteiger partial charge in [0.05, 0.1) is 32.5 Å². The molecular weight excluding hydrogens is 565 g/mol. The molecule has 7 nitrogen and oxygen atoms in total. The maximum atomic E-state index is 13.2. The topological polar surface area (TPSA) is 83.5 Å². The summed E-state index contributed by atoms with van der Waals surface area (Å²) in [6.45, 7) is 21.9. The Morgan fingerprint density at radius 1 is 0.833 bits per heavy atom. The Morgan fingerprint density at radius 3 is 1.83 bits per heavy atom. The van der Waals surface area contributed by atoms with Crippen molar-refractivity contribution in [2.45, 2.75) is 115 Å². The van der Waals surface area contributed by atoms with Gasteiger partial charge in [-0.25, -0.2) is 0 Å². The highest BCUT2D eigenvalue weighted by Crippen LogP contribution is 2.42. The molecule has 1 aliphatic rings. The van der Waals surface area contributed by atoms with Crippen LogP contribution in [0.2, 0.25) is 36.3 Å². The van der Waals surface area contributed by atoms with Crippen LogP contribution in [0.3, 0.4) is 0 Å². The van der Waals surface area contributed by atoms with Crippen molar-refractivity contribution in [3.8, 4) is 23.0 Å². The van der Waals surface area contributed by atoms with Crippen molar-refractivity contribution < 1.29 is 33.0 Å². The quantitative estimate of drug-likeness (QED) is 0.204. The number of aliphatic hydroxyl groups is 1. The minimum absolute atomic E-state index is 0.0371. The van der Waals surface area contributed by atoms with Gasteiger partial charge in [-0.2, -0.15) is 0 Å². The molecule has 3 rings (SSSR count). The number of methoxy groups -OCH3 is 2. The Kier molecular flexibility index (Phi) is 10.3. The second kappa shape index (κ2) is 12.7. The van der Waals surface area contributed by atoms with Gasteiger partial charge in [-0.05, 0) is 72.2 Å². The largest absolute Gasteiger partial charge is 0.541 e. The lowest BCUT2D eigenvalue weighted by Crippen LogP contribution is -2.43. The maximum absolute atomic E-state index is 13.2. The third-order valence-corrected chi connectivity index (χ3v) is 17.9. The van der Waals surface area contributed by atoms with E-state index in [1.807, 2.05) is 24.3 Å². The highest BCUT2D eigenvalue weighted by Gasteiger charge is 2.41. The van der Waals surface area contributed by atoms with E-state index in [1.54, 1.807) is 26.4 Å². The smallest absolute Gasteiger partial charge is 0.250 e. The third kappa shape index (κ3) is 7.98. The second-order valence-electron chi connectivity index (χ2n) is 14.5. The lowest BCUT2D eigenvalue weighted by Gasteiger charge is -2.36. The van der Waals surface area contributed by atoms with Crippen molar-refractivity contribution in [3.05, 3.63) is 47.5 Å². The van der Waals surface area contributed by atoms with E-state index in [4.69, 9.17) is 23.1 Å². The average Bonchev–Trinajstić information content (AvgIpc) is 3.21. The molecule has 0 amide bonds. The molecule has 3 atom stereocenters. The van der Waals surface area contributed by atoms with Gasteiger partial charge in [-0.15, -0.1) is 0 Å². The highest BCUT2D eigenvalue weighted by molar-refractivity contribution is 6.75. The summed E-state index contributed by atoms with van der Waals surface area (Å²) < 4.78 is 30.4. The lowest BCUT2D eigenvalue weighted by atomic mass is 10.00. The fraction of sp³-hybridized carbons (Fsp3) is 0.606. The summed E-state index contributed by atoms with van der Waals surface area (Å²) in [4.78, 5) is 13.2. The molecule has 0 unspecified atom stereocenters. The summed E-state index contributed by atoms with van der Waals surface area (Å²) in [5, 5.41) is 10.9. The lowest BCUT2D eigenvalue weighted by molar-refractivity contribution is 0.00931. The molecule has 1 fully saturated rings. The molecule has 0 saturated carbocycles. The van der Waals surface area contributed by atoms with Crippen LogP contribution in [0.4, 0.5) is 0 Å². The van der Waals surface area contributed by atoms with E-state index in [-0.39, 0.29) is 28.4 Å². The van der Waals surface area contributed by atoms with Gasteiger partial charge in [0.2, 0.25) is 0 Å². The van der Waals surface area contributed by atoms with Gasteiger partial charge in [0.25, 0.3) is 16.6 Å². The molecule has 2 aromatic rings. The first-order chi connectivity index (χ1) is 19.3. The van der Waals surface area contributed by atoms with Crippen LogP contribution in [0.15, 0.2) is 36.4 Å². The van der Waals surface area contributed by atoms with E-state index in [9.17, 15) is 9.90 Å². The number of hydrogen-bond acceptors (Lipinski definition) is 7. The van der Waals surface area contributed by atoms with Crippen LogP contribution < -0.4 is 18.3 Å². The molecule has 1 heterocycles. The summed E-state index contributed by atoms with van der Waals surface area (Å²) in [5.41, 5.74) is 1.52. The number of aliphatic hydroxyl groups excluding tert-OH is 1. The van der Waals surface area contributed by atoms with Gasteiger partial charge in [0.15, 0.2) is 17.3 Å². The van der Waals surface area contributed by atoms with Crippen LogP contribution >= 0.6 is 0 Å². The van der Waals surface area contributed by atoms with Gasteiger partial charge < -0.3 is 28.2 Å². The first-order valence-corrected chi connectivity index (χ1v) is 20.7. The summed E-state index contributed by atoms with van der Waals surface area (Å²) >= 11 is 0. The minimum Gasteiger partial charge on any atom is -0.541 e. The van der Waals surface area contributed by atoms with Crippen molar-refractivity contribution in [1.29, 1.82) is 0 Å². The first kappa shape index (κ1) is 34.2. The highest BCUT2D eigenvalue weighted by atomic mass is 28.4. The molecular formula is C33H52O7Si2. The molecule has 0 spiro atoms. The number of ketones is 1. The molecule has 234 valence electrons. The zero-order valence-corrected chi connectivity index (χ0v) is 29.7. The molecule has 42 heavy (non-hydrogen) atoms. The molecule has 1 N–H and O–H groups in total. The third-order valence-electron chi connectivity index (χ3n) is 9.21. The van der Waals surface area contributed by atoms with Crippen molar-refractivity contribution in [2.24, 2.45) is 0 Å². The number of carbonyl (C=O) groups is 1.